The molecule has 1 unspecified atom stereocenters. The second kappa shape index (κ2) is 14.3. The van der Waals surface area contributed by atoms with E-state index in [4.69, 9.17) is 11.6 Å². The molecule has 0 radical (unpaired) electrons. The van der Waals surface area contributed by atoms with Gasteiger partial charge in [-0.1, -0.05) is 66.7 Å². The van der Waals surface area contributed by atoms with E-state index in [9.17, 15) is 14.7 Å². The van der Waals surface area contributed by atoms with Crippen molar-refractivity contribution in [2.75, 3.05) is 37.0 Å². The Kier molecular flexibility index (Phi) is 9.81. The minimum absolute atomic E-state index is 0.226. The number of hydrogen-bond acceptors (Lipinski definition) is 5. The Labute approximate surface area is 274 Å². The van der Waals surface area contributed by atoms with Crippen LogP contribution in [0.15, 0.2) is 97.1 Å². The summed E-state index contributed by atoms with van der Waals surface area (Å²) < 4.78 is 15.0. The Morgan fingerprint density at radius 3 is 2.15 bits per heavy atom. The van der Waals surface area contributed by atoms with Crippen molar-refractivity contribution in [1.82, 2.24) is 10.2 Å². The summed E-state index contributed by atoms with van der Waals surface area (Å²) in [4.78, 5) is 28.4. The van der Waals surface area contributed by atoms with Gasteiger partial charge in [-0.3, -0.25) is 19.8 Å². The number of halogens is 2. The molecule has 46 heavy (non-hydrogen) atoms. The number of piperidine rings is 1. The van der Waals surface area contributed by atoms with Gasteiger partial charge >= 0.3 is 0 Å². The van der Waals surface area contributed by atoms with Crippen LogP contribution in [0.25, 0.3) is 11.1 Å². The van der Waals surface area contributed by atoms with E-state index in [0.717, 1.165) is 65.3 Å². The Morgan fingerprint density at radius 1 is 0.848 bits per heavy atom. The molecule has 0 spiro atoms. The van der Waals surface area contributed by atoms with E-state index in [0.29, 0.717) is 30.8 Å². The quantitative estimate of drug-likeness (QED) is 0.118. The molecule has 2 aliphatic rings. The first-order valence-corrected chi connectivity index (χ1v) is 16.3. The summed E-state index contributed by atoms with van der Waals surface area (Å²) >= 11 is 6.31. The van der Waals surface area contributed by atoms with E-state index in [1.807, 2.05) is 36.4 Å². The molecule has 6 rings (SSSR count). The molecule has 4 aromatic rings. The Morgan fingerprint density at radius 2 is 1.52 bits per heavy atom. The molecule has 4 aromatic carbocycles. The molecule has 0 aliphatic carbocycles. The molecule has 2 fully saturated rings. The van der Waals surface area contributed by atoms with Crippen LogP contribution >= 0.6 is 11.6 Å². The Balaban J connectivity index is 1.14. The maximum Gasteiger partial charge on any atom is 0.234 e. The first-order valence-electron chi connectivity index (χ1n) is 15.7. The highest BCUT2D eigenvalue weighted by molar-refractivity contribution is 6.18. The number of imide groups is 1. The van der Waals surface area contributed by atoms with Gasteiger partial charge in [-0.25, -0.2) is 4.39 Å². The van der Waals surface area contributed by atoms with Crippen LogP contribution in [-0.4, -0.2) is 53.9 Å². The molecule has 6 nitrogen and oxygen atoms in total. The molecule has 0 bridgehead atoms. The lowest BCUT2D eigenvalue weighted by molar-refractivity contribution is -0.134. The van der Waals surface area contributed by atoms with Crippen molar-refractivity contribution in [2.24, 2.45) is 0 Å². The third kappa shape index (κ3) is 7.16. The van der Waals surface area contributed by atoms with Crippen LogP contribution in [-0.2, 0) is 16.1 Å². The van der Waals surface area contributed by atoms with Gasteiger partial charge in [0.2, 0.25) is 11.8 Å². The Hall–Kier alpha value is -4.46. The minimum atomic E-state index is -0.625. The molecule has 236 valence electrons. The summed E-state index contributed by atoms with van der Waals surface area (Å²) in [6.07, 6.45) is 1.26. The van der Waals surface area contributed by atoms with Crippen LogP contribution in [0, 0.1) is 5.82 Å². The van der Waals surface area contributed by atoms with E-state index in [1.54, 1.807) is 18.2 Å². The summed E-state index contributed by atoms with van der Waals surface area (Å²) in [6.45, 7) is 4.00. The predicted molar refractivity (Wildman–Crippen MR) is 181 cm³/mol. The number of alkyl halides is 1. The normalized spacial score (nSPS) is 17.9. The molecule has 2 heterocycles. The SMILES string of the molecule is O=C1CCC(c2ccc(CN3CCN(c4ccc(C(=C(CCCl)c5ccccc5)c5ccc(O)cc5)cc4)CC3)cc2F)C(=O)N1. The van der Waals surface area contributed by atoms with Gasteiger partial charge in [-0.15, -0.1) is 11.6 Å². The molecule has 2 amide bonds. The molecule has 2 saturated heterocycles. The summed E-state index contributed by atoms with van der Waals surface area (Å²) in [5, 5.41) is 12.3. The molecular formula is C38H37ClFN3O3. The predicted octanol–water partition coefficient (Wildman–Crippen LogP) is 6.96. The molecule has 1 atom stereocenters. The van der Waals surface area contributed by atoms with Crippen LogP contribution in [0.5, 0.6) is 5.75 Å². The maximum atomic E-state index is 15.0. The second-order valence-electron chi connectivity index (χ2n) is 11.9. The van der Waals surface area contributed by atoms with Crippen molar-refractivity contribution < 1.29 is 19.1 Å². The number of benzene rings is 4. The fourth-order valence-corrected chi connectivity index (χ4v) is 6.68. The van der Waals surface area contributed by atoms with E-state index in [-0.39, 0.29) is 18.1 Å². The highest BCUT2D eigenvalue weighted by Gasteiger charge is 2.30. The van der Waals surface area contributed by atoms with Crippen LogP contribution in [0.4, 0.5) is 10.1 Å². The smallest absolute Gasteiger partial charge is 0.234 e. The highest BCUT2D eigenvalue weighted by Crippen LogP contribution is 2.36. The molecular weight excluding hydrogens is 601 g/mol. The van der Waals surface area contributed by atoms with Crippen molar-refractivity contribution in [2.45, 2.75) is 31.7 Å². The summed E-state index contributed by atoms with van der Waals surface area (Å²) in [5.41, 5.74) is 7.84. The number of phenols is 1. The van der Waals surface area contributed by atoms with Crippen LogP contribution in [0.3, 0.4) is 0 Å². The summed E-state index contributed by atoms with van der Waals surface area (Å²) in [7, 11) is 0. The number of aromatic hydroxyl groups is 1. The zero-order chi connectivity index (χ0) is 32.0. The van der Waals surface area contributed by atoms with Gasteiger partial charge < -0.3 is 10.0 Å². The summed E-state index contributed by atoms with van der Waals surface area (Å²) in [6, 6.07) is 31.4. The number of carbonyl (C=O) groups is 2. The van der Waals surface area contributed by atoms with Crippen molar-refractivity contribution in [3.05, 3.63) is 131 Å². The zero-order valence-corrected chi connectivity index (χ0v) is 26.3. The van der Waals surface area contributed by atoms with Gasteiger partial charge in [0.05, 0.1) is 5.92 Å². The first kappa shape index (κ1) is 31.5. The average molecular weight is 638 g/mol. The number of phenolic OH excluding ortho intramolecular Hbond substituents is 1. The summed E-state index contributed by atoms with van der Waals surface area (Å²) in [5.74, 6) is -1.03. The van der Waals surface area contributed by atoms with Gasteiger partial charge in [0, 0.05) is 56.3 Å². The standard InChI is InChI=1S/C38H37ClFN3O3/c39-19-18-32(27-4-2-1-3-5-27)37(29-9-13-31(44)14-10-29)28-7-11-30(12-8-28)43-22-20-42(21-23-43)25-26-6-15-33(35(40)24-26)34-16-17-36(45)41-38(34)46/h1-15,24,34,44H,16-23,25H2,(H,41,45,46). The number of carbonyl (C=O) groups excluding carboxylic acids is 2. The number of rotatable bonds is 9. The largest absolute Gasteiger partial charge is 0.508 e. The van der Waals surface area contributed by atoms with Gasteiger partial charge in [0.1, 0.15) is 11.6 Å². The fraction of sp³-hybridized carbons (Fsp3) is 0.263. The van der Waals surface area contributed by atoms with Crippen molar-refractivity contribution in [3.63, 3.8) is 0 Å². The van der Waals surface area contributed by atoms with E-state index in [1.165, 1.54) is 6.07 Å². The number of nitrogens with one attached hydrogen (secondary N) is 1. The van der Waals surface area contributed by atoms with Crippen molar-refractivity contribution in [3.8, 4) is 5.75 Å². The lowest BCUT2D eigenvalue weighted by Crippen LogP contribution is -2.46. The van der Waals surface area contributed by atoms with Crippen molar-refractivity contribution >= 4 is 40.2 Å². The number of amides is 2. The lowest BCUT2D eigenvalue weighted by atomic mass is 9.88. The Bertz CT molecular complexity index is 1720. The highest BCUT2D eigenvalue weighted by atomic mass is 35.5. The number of allylic oxidation sites excluding steroid dienone is 1. The number of anilines is 1. The topological polar surface area (TPSA) is 72.9 Å². The monoisotopic (exact) mass is 637 g/mol. The van der Waals surface area contributed by atoms with Crippen LogP contribution in [0.2, 0.25) is 0 Å². The van der Waals surface area contributed by atoms with Gasteiger partial charge in [-0.2, -0.15) is 0 Å². The average Bonchev–Trinajstić information content (AvgIpc) is 3.07. The maximum absolute atomic E-state index is 15.0. The second-order valence-corrected chi connectivity index (χ2v) is 12.3. The van der Waals surface area contributed by atoms with E-state index >= 15 is 4.39 Å². The van der Waals surface area contributed by atoms with Gasteiger partial charge in [-0.05, 0) is 76.6 Å². The van der Waals surface area contributed by atoms with Gasteiger partial charge in [0.25, 0.3) is 0 Å². The van der Waals surface area contributed by atoms with Crippen LogP contribution in [0.1, 0.15) is 53.0 Å². The minimum Gasteiger partial charge on any atom is -0.508 e. The number of piperazine rings is 1. The molecule has 2 N–H and O–H groups in total. The number of nitrogens with zero attached hydrogens (tertiary/aromatic N) is 2. The molecule has 0 aromatic heterocycles. The van der Waals surface area contributed by atoms with Gasteiger partial charge in [0.15, 0.2) is 0 Å². The number of hydrogen-bond donors (Lipinski definition) is 2. The fourth-order valence-electron chi connectivity index (χ4n) is 6.49. The van der Waals surface area contributed by atoms with E-state index < -0.39 is 17.6 Å². The first-order chi connectivity index (χ1) is 22.4. The third-order valence-electron chi connectivity index (χ3n) is 8.90. The van der Waals surface area contributed by atoms with E-state index in [2.05, 4.69) is 51.5 Å². The third-order valence-corrected chi connectivity index (χ3v) is 9.09. The molecule has 2 aliphatic heterocycles. The molecule has 0 saturated carbocycles. The van der Waals surface area contributed by atoms with Crippen LogP contribution < -0.4 is 10.2 Å². The zero-order valence-electron chi connectivity index (χ0n) is 25.6. The lowest BCUT2D eigenvalue weighted by Gasteiger charge is -2.36. The molecule has 8 heteroatoms. The van der Waals surface area contributed by atoms with Crippen molar-refractivity contribution in [1.29, 1.82) is 0 Å².